The van der Waals surface area contributed by atoms with Crippen LogP contribution in [0, 0.1) is 11.8 Å². The van der Waals surface area contributed by atoms with Gasteiger partial charge in [-0.2, -0.15) is 0 Å². The Kier molecular flexibility index (Phi) is 2.79. The Hall–Kier alpha value is -0.490. The highest BCUT2D eigenvalue weighted by molar-refractivity contribution is 7.16. The van der Waals surface area contributed by atoms with Crippen LogP contribution in [0.5, 0.6) is 0 Å². The lowest BCUT2D eigenvalue weighted by molar-refractivity contribution is 0.143. The number of rotatable bonds is 0. The van der Waals surface area contributed by atoms with E-state index in [1.165, 1.54) is 11.3 Å². The summed E-state index contributed by atoms with van der Waals surface area (Å²) in [7, 11) is 0. The largest absolute Gasteiger partial charge is 0.378 e. The van der Waals surface area contributed by atoms with E-state index in [9.17, 15) is 5.11 Å². The lowest BCUT2D eigenvalue weighted by Gasteiger charge is -2.05. The summed E-state index contributed by atoms with van der Waals surface area (Å²) in [5, 5.41) is 9.28. The van der Waals surface area contributed by atoms with Crippen molar-refractivity contribution in [1.29, 1.82) is 0 Å². The van der Waals surface area contributed by atoms with E-state index in [1.54, 1.807) is 19.9 Å². The van der Waals surface area contributed by atoms with Gasteiger partial charge in [0.05, 0.1) is 9.21 Å². The minimum absolute atomic E-state index is 0.718. The molecule has 0 radical (unpaired) electrons. The molecule has 0 spiro atoms. The van der Waals surface area contributed by atoms with Gasteiger partial charge >= 0.3 is 0 Å². The molecule has 0 bridgehead atoms. The van der Waals surface area contributed by atoms with E-state index in [1.807, 2.05) is 6.07 Å². The average Bonchev–Trinajstić information content (AvgIpc) is 2.30. The van der Waals surface area contributed by atoms with Crippen LogP contribution < -0.4 is 0 Å². The molecule has 1 N–H and O–H groups in total. The van der Waals surface area contributed by atoms with Gasteiger partial charge in [0, 0.05) is 0 Å². The molecule has 0 unspecified atom stereocenters. The van der Waals surface area contributed by atoms with Crippen LogP contribution in [0.15, 0.2) is 12.1 Å². The average molecular weight is 201 g/mol. The Morgan fingerprint density at radius 1 is 1.50 bits per heavy atom. The maximum atomic E-state index is 9.28. The van der Waals surface area contributed by atoms with E-state index in [-0.39, 0.29) is 0 Å². The monoisotopic (exact) mass is 200 g/mol. The first-order valence-corrected chi connectivity index (χ1v) is 4.68. The van der Waals surface area contributed by atoms with Gasteiger partial charge in [0.2, 0.25) is 0 Å². The molecular weight excluding hydrogens is 192 g/mol. The molecule has 0 saturated carbocycles. The van der Waals surface area contributed by atoms with Gasteiger partial charge in [-0.15, -0.1) is 11.3 Å². The van der Waals surface area contributed by atoms with Crippen molar-refractivity contribution in [3.63, 3.8) is 0 Å². The van der Waals surface area contributed by atoms with Crippen molar-refractivity contribution in [2.75, 3.05) is 0 Å². The standard InChI is InChI=1S/C9H9ClOS/c1-9(2,11)6-5-7-3-4-8(10)12-7/h3-4,11H,1-2H3. The van der Waals surface area contributed by atoms with Gasteiger partial charge in [0.25, 0.3) is 0 Å². The number of halogens is 1. The minimum Gasteiger partial charge on any atom is -0.378 e. The molecule has 0 amide bonds. The van der Waals surface area contributed by atoms with Crippen molar-refractivity contribution >= 4 is 22.9 Å². The zero-order valence-corrected chi connectivity index (χ0v) is 8.46. The van der Waals surface area contributed by atoms with Crippen molar-refractivity contribution in [2.45, 2.75) is 19.4 Å². The van der Waals surface area contributed by atoms with E-state index in [2.05, 4.69) is 11.8 Å². The Morgan fingerprint density at radius 2 is 2.17 bits per heavy atom. The zero-order valence-electron chi connectivity index (χ0n) is 6.89. The summed E-state index contributed by atoms with van der Waals surface area (Å²) in [4.78, 5) is 0.877. The van der Waals surface area contributed by atoms with Crippen LogP contribution in [0.1, 0.15) is 18.7 Å². The third-order valence-corrected chi connectivity index (χ3v) is 2.21. The van der Waals surface area contributed by atoms with Crippen molar-refractivity contribution in [1.82, 2.24) is 0 Å². The minimum atomic E-state index is -0.934. The second kappa shape index (κ2) is 3.49. The van der Waals surface area contributed by atoms with Crippen LogP contribution in [-0.4, -0.2) is 10.7 Å². The molecule has 1 rings (SSSR count). The van der Waals surface area contributed by atoms with Crippen LogP contribution in [0.25, 0.3) is 0 Å². The van der Waals surface area contributed by atoms with Gasteiger partial charge in [0.15, 0.2) is 0 Å². The second-order valence-electron chi connectivity index (χ2n) is 2.91. The maximum Gasteiger partial charge on any atom is 0.120 e. The molecule has 0 aliphatic rings. The van der Waals surface area contributed by atoms with Crippen molar-refractivity contribution in [3.05, 3.63) is 21.3 Å². The lowest BCUT2D eigenvalue weighted by Crippen LogP contribution is -2.14. The SMILES string of the molecule is CC(C)(O)C#Cc1ccc(Cl)s1. The van der Waals surface area contributed by atoms with Gasteiger partial charge in [-0.25, -0.2) is 0 Å². The predicted molar refractivity (Wildman–Crippen MR) is 52.5 cm³/mol. The molecule has 12 heavy (non-hydrogen) atoms. The summed E-state index contributed by atoms with van der Waals surface area (Å²) < 4.78 is 0.718. The van der Waals surface area contributed by atoms with Gasteiger partial charge in [-0.3, -0.25) is 0 Å². The molecule has 0 fully saturated rings. The molecular formula is C9H9ClOS. The maximum absolute atomic E-state index is 9.28. The number of hydrogen-bond acceptors (Lipinski definition) is 2. The second-order valence-corrected chi connectivity index (χ2v) is 4.63. The van der Waals surface area contributed by atoms with E-state index in [0.717, 1.165) is 9.21 Å². The van der Waals surface area contributed by atoms with Gasteiger partial charge < -0.3 is 5.11 Å². The third-order valence-electron chi connectivity index (χ3n) is 1.06. The van der Waals surface area contributed by atoms with Crippen LogP contribution in [-0.2, 0) is 0 Å². The summed E-state index contributed by atoms with van der Waals surface area (Å²) in [6.45, 7) is 3.30. The first-order chi connectivity index (χ1) is 5.47. The molecule has 1 heterocycles. The Labute approximate surface area is 81.0 Å². The van der Waals surface area contributed by atoms with E-state index >= 15 is 0 Å². The van der Waals surface area contributed by atoms with Crippen molar-refractivity contribution in [3.8, 4) is 11.8 Å². The molecule has 64 valence electrons. The quantitative estimate of drug-likeness (QED) is 0.639. The fraction of sp³-hybridized carbons (Fsp3) is 0.333. The normalized spacial score (nSPS) is 10.7. The summed E-state index contributed by atoms with van der Waals surface area (Å²) in [6.07, 6.45) is 0. The zero-order chi connectivity index (χ0) is 9.19. The Balaban J connectivity index is 2.80. The van der Waals surface area contributed by atoms with Crippen molar-refractivity contribution < 1.29 is 5.11 Å². The summed E-state index contributed by atoms with van der Waals surface area (Å²) in [5.41, 5.74) is -0.934. The Morgan fingerprint density at radius 3 is 2.58 bits per heavy atom. The van der Waals surface area contributed by atoms with Crippen LogP contribution >= 0.6 is 22.9 Å². The first-order valence-electron chi connectivity index (χ1n) is 3.48. The summed E-state index contributed by atoms with van der Waals surface area (Å²) in [6, 6.07) is 3.63. The summed E-state index contributed by atoms with van der Waals surface area (Å²) in [5.74, 6) is 5.55. The van der Waals surface area contributed by atoms with Gasteiger partial charge in [0.1, 0.15) is 5.60 Å². The van der Waals surface area contributed by atoms with Crippen LogP contribution in [0.3, 0.4) is 0 Å². The molecule has 0 atom stereocenters. The molecule has 0 aliphatic heterocycles. The predicted octanol–water partition coefficient (Wildman–Crippen LogP) is 2.52. The highest BCUT2D eigenvalue weighted by Gasteiger charge is 2.05. The number of hydrogen-bond donors (Lipinski definition) is 1. The topological polar surface area (TPSA) is 20.2 Å². The molecule has 1 aromatic heterocycles. The smallest absolute Gasteiger partial charge is 0.120 e. The highest BCUT2D eigenvalue weighted by Crippen LogP contribution is 2.20. The fourth-order valence-corrected chi connectivity index (χ4v) is 1.49. The Bertz CT molecular complexity index is 324. The van der Waals surface area contributed by atoms with E-state index in [0.29, 0.717) is 0 Å². The molecule has 3 heteroatoms. The molecule has 0 aromatic carbocycles. The highest BCUT2D eigenvalue weighted by atomic mass is 35.5. The molecule has 0 saturated heterocycles. The first kappa shape index (κ1) is 9.60. The van der Waals surface area contributed by atoms with Crippen LogP contribution in [0.2, 0.25) is 4.34 Å². The molecule has 1 aromatic rings. The third kappa shape index (κ3) is 3.27. The van der Waals surface area contributed by atoms with Gasteiger partial charge in [-0.1, -0.05) is 23.4 Å². The van der Waals surface area contributed by atoms with Crippen LogP contribution in [0.4, 0.5) is 0 Å². The lowest BCUT2D eigenvalue weighted by atomic mass is 10.1. The van der Waals surface area contributed by atoms with Gasteiger partial charge in [-0.05, 0) is 26.0 Å². The molecule has 0 aliphatic carbocycles. The van der Waals surface area contributed by atoms with E-state index < -0.39 is 5.60 Å². The fourth-order valence-electron chi connectivity index (χ4n) is 0.596. The number of thiophene rings is 1. The summed E-state index contributed by atoms with van der Waals surface area (Å²) >= 11 is 7.11. The number of aliphatic hydroxyl groups is 1. The molecule has 1 nitrogen and oxygen atoms in total. The van der Waals surface area contributed by atoms with Crippen molar-refractivity contribution in [2.24, 2.45) is 0 Å². The van der Waals surface area contributed by atoms with E-state index in [4.69, 9.17) is 11.6 Å².